The van der Waals surface area contributed by atoms with Crippen molar-refractivity contribution in [3.8, 4) is 33.6 Å². The van der Waals surface area contributed by atoms with Crippen molar-refractivity contribution in [3.63, 3.8) is 0 Å². The molecule has 58 heavy (non-hydrogen) atoms. The van der Waals surface area contributed by atoms with E-state index in [1.165, 1.54) is 5.56 Å². The van der Waals surface area contributed by atoms with Gasteiger partial charge in [-0.1, -0.05) is 141 Å². The van der Waals surface area contributed by atoms with Gasteiger partial charge >= 0.3 is 0 Å². The number of rotatable bonds is 8. The Hall–Kier alpha value is -7.56. The van der Waals surface area contributed by atoms with Crippen LogP contribution < -0.4 is 0 Å². The van der Waals surface area contributed by atoms with Gasteiger partial charge in [0.2, 0.25) is 0 Å². The zero-order valence-corrected chi connectivity index (χ0v) is 32.2. The fraction of sp³-hybridized carbons (Fsp3) is 0.0370. The highest BCUT2D eigenvalue weighted by molar-refractivity contribution is 6.07. The zero-order chi connectivity index (χ0) is 39.2. The van der Waals surface area contributed by atoms with Gasteiger partial charge in [-0.05, 0) is 100.0 Å². The number of pyridine rings is 4. The van der Waals surface area contributed by atoms with Gasteiger partial charge in [-0.3, -0.25) is 4.98 Å². The van der Waals surface area contributed by atoms with Crippen LogP contribution in [0.25, 0.3) is 99.7 Å². The van der Waals surface area contributed by atoms with Gasteiger partial charge in [-0.15, -0.1) is 0 Å². The van der Waals surface area contributed by atoms with E-state index < -0.39 is 0 Å². The molecule has 4 heteroatoms. The molecule has 0 N–H and O–H groups in total. The lowest BCUT2D eigenvalue weighted by atomic mass is 9.95. The first-order valence-electron chi connectivity index (χ1n) is 19.6. The average molecular weight is 743 g/mol. The maximum absolute atomic E-state index is 5.20. The predicted octanol–water partition coefficient (Wildman–Crippen LogP) is 13.9. The Morgan fingerprint density at radius 2 is 1.21 bits per heavy atom. The van der Waals surface area contributed by atoms with Crippen molar-refractivity contribution in [3.05, 3.63) is 206 Å². The third-order valence-corrected chi connectivity index (χ3v) is 11.2. The molecule has 0 aliphatic carbocycles. The zero-order valence-electron chi connectivity index (χ0n) is 32.2. The van der Waals surface area contributed by atoms with Crippen LogP contribution in [0.3, 0.4) is 0 Å². The lowest BCUT2D eigenvalue weighted by Gasteiger charge is -2.13. The van der Waals surface area contributed by atoms with E-state index in [1.54, 1.807) is 0 Å². The number of nitrogens with zero attached hydrogens (tertiary/aromatic N) is 4. The minimum atomic E-state index is 0.775. The molecule has 0 aliphatic heterocycles. The molecule has 0 aliphatic rings. The van der Waals surface area contributed by atoms with E-state index in [0.717, 1.165) is 117 Å². The summed E-state index contributed by atoms with van der Waals surface area (Å²) in [5, 5.41) is 6.61. The van der Waals surface area contributed by atoms with Crippen LogP contribution in [-0.2, 0) is 6.42 Å². The summed E-state index contributed by atoms with van der Waals surface area (Å²) in [5.41, 5.74) is 15.3. The van der Waals surface area contributed by atoms with Crippen molar-refractivity contribution in [2.75, 3.05) is 0 Å². The van der Waals surface area contributed by atoms with Crippen LogP contribution in [0.2, 0.25) is 0 Å². The maximum atomic E-state index is 5.20. The van der Waals surface area contributed by atoms with E-state index in [0.29, 0.717) is 0 Å². The second-order valence-corrected chi connectivity index (χ2v) is 14.8. The molecule has 0 saturated carbocycles. The second-order valence-electron chi connectivity index (χ2n) is 14.8. The van der Waals surface area contributed by atoms with Crippen LogP contribution in [0.15, 0.2) is 189 Å². The fourth-order valence-corrected chi connectivity index (χ4v) is 8.15. The van der Waals surface area contributed by atoms with Gasteiger partial charge in [-0.2, -0.15) is 0 Å². The van der Waals surface area contributed by atoms with Gasteiger partial charge in [0.25, 0.3) is 0 Å². The van der Waals surface area contributed by atoms with E-state index in [1.807, 2.05) is 31.3 Å². The van der Waals surface area contributed by atoms with Crippen LogP contribution in [0.4, 0.5) is 0 Å². The van der Waals surface area contributed by atoms with Gasteiger partial charge in [-0.25, -0.2) is 15.0 Å². The number of benzene rings is 6. The van der Waals surface area contributed by atoms with Gasteiger partial charge < -0.3 is 0 Å². The highest BCUT2D eigenvalue weighted by Gasteiger charge is 2.14. The second kappa shape index (κ2) is 14.5. The lowest BCUT2D eigenvalue weighted by Crippen LogP contribution is -1.94. The van der Waals surface area contributed by atoms with E-state index in [-0.39, 0.29) is 0 Å². The first-order valence-corrected chi connectivity index (χ1v) is 19.6. The Kier molecular flexibility index (Phi) is 8.73. The predicted molar refractivity (Wildman–Crippen MR) is 244 cm³/mol. The smallest absolute Gasteiger partial charge is 0.0972 e. The molecule has 10 aromatic rings. The molecule has 4 nitrogen and oxygen atoms in total. The average Bonchev–Trinajstić information content (AvgIpc) is 3.28. The number of fused-ring (bicyclic) bond motifs is 6. The summed E-state index contributed by atoms with van der Waals surface area (Å²) in [5.74, 6) is 0. The highest BCUT2D eigenvalue weighted by Crippen LogP contribution is 2.37. The quantitative estimate of drug-likeness (QED) is 0.115. The van der Waals surface area contributed by atoms with Crippen molar-refractivity contribution in [2.45, 2.75) is 13.3 Å². The minimum absolute atomic E-state index is 0.775. The van der Waals surface area contributed by atoms with Crippen molar-refractivity contribution in [2.24, 2.45) is 0 Å². The Balaban J connectivity index is 0.973. The topological polar surface area (TPSA) is 51.6 Å². The molecule has 10 rings (SSSR count). The van der Waals surface area contributed by atoms with Crippen molar-refractivity contribution in [1.29, 1.82) is 0 Å². The molecule has 0 bridgehead atoms. The number of hydrogen-bond donors (Lipinski definition) is 0. The summed E-state index contributed by atoms with van der Waals surface area (Å²) in [4.78, 5) is 20.2. The number of hydrogen-bond acceptors (Lipinski definition) is 4. The molecule has 0 saturated heterocycles. The lowest BCUT2D eigenvalue weighted by molar-refractivity contribution is 1.24. The molecular formula is C54H38N4. The molecule has 4 heterocycles. The van der Waals surface area contributed by atoms with Crippen molar-refractivity contribution >= 4 is 66.0 Å². The first kappa shape index (κ1) is 34.9. The monoisotopic (exact) mass is 742 g/mol. The normalized spacial score (nSPS) is 11.8. The molecule has 274 valence electrons. The van der Waals surface area contributed by atoms with Crippen molar-refractivity contribution in [1.82, 2.24) is 19.9 Å². The van der Waals surface area contributed by atoms with Gasteiger partial charge in [0.15, 0.2) is 0 Å². The molecule has 4 aromatic heterocycles. The van der Waals surface area contributed by atoms with Gasteiger partial charge in [0.1, 0.15) is 0 Å². The molecule has 0 radical (unpaired) electrons. The molecule has 0 atom stereocenters. The van der Waals surface area contributed by atoms with Crippen LogP contribution in [-0.4, -0.2) is 19.9 Å². The Bertz CT molecular complexity index is 3320. The fourth-order valence-electron chi connectivity index (χ4n) is 8.15. The largest absolute Gasteiger partial charge is 0.254 e. The summed E-state index contributed by atoms with van der Waals surface area (Å²) in [6, 6.07) is 55.3. The molecule has 6 aromatic carbocycles. The third-order valence-electron chi connectivity index (χ3n) is 11.2. The summed E-state index contributed by atoms with van der Waals surface area (Å²) < 4.78 is 0. The Morgan fingerprint density at radius 1 is 0.552 bits per heavy atom. The molecule has 0 spiro atoms. The van der Waals surface area contributed by atoms with Crippen molar-refractivity contribution < 1.29 is 0 Å². The summed E-state index contributed by atoms with van der Waals surface area (Å²) in [6.07, 6.45) is 6.75. The summed E-state index contributed by atoms with van der Waals surface area (Å²) in [6.45, 7) is 10.3. The maximum Gasteiger partial charge on any atom is 0.0972 e. The van der Waals surface area contributed by atoms with E-state index >= 15 is 0 Å². The van der Waals surface area contributed by atoms with E-state index in [4.69, 9.17) is 15.0 Å². The number of allylic oxidation sites excluding steroid dienone is 3. The SMILES string of the molecule is C=Cc1ccccc1C/C=C(\C(=C)C)c1ccc2ccc(-c3ccc4nc(-c5ccc(-c6ccc7ccc8cccnc8c7n6)c6ccccc56)ccc4c3)cc2n1. The Morgan fingerprint density at radius 3 is 2.00 bits per heavy atom. The van der Waals surface area contributed by atoms with Gasteiger partial charge in [0, 0.05) is 38.9 Å². The van der Waals surface area contributed by atoms with Crippen LogP contribution in [0, 0.1) is 0 Å². The Labute approximate surface area is 337 Å². The molecule has 0 unspecified atom stereocenters. The van der Waals surface area contributed by atoms with Crippen LogP contribution >= 0.6 is 0 Å². The summed E-state index contributed by atoms with van der Waals surface area (Å²) in [7, 11) is 0. The molecule has 0 amide bonds. The van der Waals surface area contributed by atoms with Crippen LogP contribution in [0.5, 0.6) is 0 Å². The molecule has 0 fully saturated rings. The standard InChI is InChI=1S/C54H38N4/c1-4-35-10-5-6-11-36(35)19-24-43(34(2)3)49-28-20-37-15-18-41(33-52(37)57-49)40-22-27-48-42(32-40)23-30-50(56-48)46-25-26-47(45-14-8-7-13-44(45)46)51-29-21-39-17-16-38-12-9-31-55-53(38)54(39)58-51/h4-18,20-33H,1-2,19H2,3H3/b43-24+. The number of aromatic nitrogens is 4. The summed E-state index contributed by atoms with van der Waals surface area (Å²) >= 11 is 0. The minimum Gasteiger partial charge on any atom is -0.254 e. The third kappa shape index (κ3) is 6.31. The van der Waals surface area contributed by atoms with E-state index in [9.17, 15) is 0 Å². The van der Waals surface area contributed by atoms with Crippen LogP contribution in [0.1, 0.15) is 23.7 Å². The molecular weight excluding hydrogens is 705 g/mol. The van der Waals surface area contributed by atoms with E-state index in [2.05, 4.69) is 170 Å². The first-order chi connectivity index (χ1) is 28.5. The highest BCUT2D eigenvalue weighted by atomic mass is 14.8. The van der Waals surface area contributed by atoms with Gasteiger partial charge in [0.05, 0.1) is 39.1 Å².